The van der Waals surface area contributed by atoms with E-state index < -0.39 is 23.7 Å². The highest BCUT2D eigenvalue weighted by Gasteiger charge is 2.38. The van der Waals surface area contributed by atoms with Gasteiger partial charge in [0.2, 0.25) is 0 Å². The lowest BCUT2D eigenvalue weighted by atomic mass is 10.2. The molecule has 25 heavy (non-hydrogen) atoms. The Hall–Kier alpha value is -1.71. The predicted octanol–water partition coefficient (Wildman–Crippen LogP) is 4.36. The maximum absolute atomic E-state index is 13.2. The molecule has 0 aliphatic heterocycles. The van der Waals surface area contributed by atoms with Crippen molar-refractivity contribution in [2.45, 2.75) is 16.1 Å². The third-order valence-electron chi connectivity index (χ3n) is 2.77. The van der Waals surface area contributed by atoms with Crippen LogP contribution in [-0.2, 0) is 22.9 Å². The minimum atomic E-state index is -4.70. The molecule has 0 saturated carbocycles. The Labute approximate surface area is 154 Å². The van der Waals surface area contributed by atoms with E-state index in [1.165, 1.54) is 7.05 Å². The van der Waals surface area contributed by atoms with E-state index in [2.05, 4.69) is 15.1 Å². The quantitative estimate of drug-likeness (QED) is 0.317. The van der Waals surface area contributed by atoms with E-state index in [0.29, 0.717) is 9.92 Å². The molecule has 0 amide bonds. The Morgan fingerprint density at radius 2 is 2.04 bits per heavy atom. The second kappa shape index (κ2) is 8.11. The summed E-state index contributed by atoms with van der Waals surface area (Å²) >= 11 is 12.1. The summed E-state index contributed by atoms with van der Waals surface area (Å²) in [5, 5.41) is 7.44. The first kappa shape index (κ1) is 19.6. The molecule has 0 N–H and O–H groups in total. The average Bonchev–Trinajstić information content (AvgIpc) is 2.86. The maximum atomic E-state index is 13.2. The van der Waals surface area contributed by atoms with E-state index in [4.69, 9.17) is 23.2 Å². The monoisotopic (exact) mass is 411 g/mol. The molecule has 0 aliphatic carbocycles. The molecule has 0 unspecified atom stereocenters. The van der Waals surface area contributed by atoms with Crippen molar-refractivity contribution in [3.05, 3.63) is 40.5 Å². The smallest absolute Gasteiger partial charge is 0.317 e. The van der Waals surface area contributed by atoms with Gasteiger partial charge in [-0.15, -0.1) is 11.6 Å². The van der Waals surface area contributed by atoms with Crippen LogP contribution in [0.3, 0.4) is 0 Å². The number of halogens is 5. The number of rotatable bonds is 5. The van der Waals surface area contributed by atoms with Gasteiger partial charge in [0.25, 0.3) is 0 Å². The van der Waals surface area contributed by atoms with Gasteiger partial charge >= 0.3 is 12.1 Å². The van der Waals surface area contributed by atoms with Crippen LogP contribution in [-0.4, -0.2) is 27.8 Å². The van der Waals surface area contributed by atoms with Crippen LogP contribution in [0.1, 0.15) is 11.3 Å². The molecule has 0 saturated heterocycles. The summed E-state index contributed by atoms with van der Waals surface area (Å²) in [6.45, 7) is 0. The van der Waals surface area contributed by atoms with Crippen molar-refractivity contribution >= 4 is 47.1 Å². The third kappa shape index (κ3) is 5.13. The van der Waals surface area contributed by atoms with Crippen LogP contribution < -0.4 is 0 Å². The zero-order chi connectivity index (χ0) is 18.6. The van der Waals surface area contributed by atoms with E-state index >= 15 is 0 Å². The normalized spacial score (nSPS) is 11.9. The number of alkyl halides is 4. The van der Waals surface area contributed by atoms with Gasteiger partial charge < -0.3 is 4.84 Å². The second-order valence-electron chi connectivity index (χ2n) is 4.58. The highest BCUT2D eigenvalue weighted by molar-refractivity contribution is 7.99. The number of aryl methyl sites for hydroxylation is 1. The summed E-state index contributed by atoms with van der Waals surface area (Å²) in [5.41, 5.74) is -1.46. The molecule has 0 fully saturated rings. The fraction of sp³-hybridized carbons (Fsp3) is 0.214. The summed E-state index contributed by atoms with van der Waals surface area (Å²) in [4.78, 5) is 16.0. The number of carbonyl (C=O) groups is 1. The molecule has 0 radical (unpaired) electrons. The lowest BCUT2D eigenvalue weighted by Crippen LogP contribution is -2.09. The van der Waals surface area contributed by atoms with Crippen LogP contribution in [0.2, 0.25) is 5.02 Å². The first-order valence-electron chi connectivity index (χ1n) is 6.59. The summed E-state index contributed by atoms with van der Waals surface area (Å²) < 4.78 is 40.7. The molecular weight excluding hydrogens is 402 g/mol. The largest absolute Gasteiger partial charge is 0.435 e. The molecule has 2 rings (SSSR count). The van der Waals surface area contributed by atoms with Crippen molar-refractivity contribution < 1.29 is 22.8 Å². The molecule has 0 aliphatic rings. The number of nitrogens with zero attached hydrogens (tertiary/aromatic N) is 3. The van der Waals surface area contributed by atoms with Crippen molar-refractivity contribution in [3.63, 3.8) is 0 Å². The van der Waals surface area contributed by atoms with E-state index in [1.54, 1.807) is 24.3 Å². The van der Waals surface area contributed by atoms with Crippen LogP contribution in [0.4, 0.5) is 13.2 Å². The molecule has 11 heteroatoms. The fourth-order valence-electron chi connectivity index (χ4n) is 1.75. The molecule has 5 nitrogen and oxygen atoms in total. The molecule has 0 spiro atoms. The molecule has 1 aromatic heterocycles. The van der Waals surface area contributed by atoms with Crippen molar-refractivity contribution in [2.24, 2.45) is 12.2 Å². The molecule has 2 aromatic rings. The van der Waals surface area contributed by atoms with E-state index in [-0.39, 0.29) is 10.6 Å². The van der Waals surface area contributed by atoms with Gasteiger partial charge in [-0.2, -0.15) is 18.3 Å². The molecule has 134 valence electrons. The van der Waals surface area contributed by atoms with Crippen LogP contribution in [0, 0.1) is 0 Å². The molecule has 0 bridgehead atoms. The van der Waals surface area contributed by atoms with Crippen molar-refractivity contribution in [3.8, 4) is 0 Å². The van der Waals surface area contributed by atoms with Crippen molar-refractivity contribution in [1.82, 2.24) is 9.78 Å². The standard InChI is InChI=1S/C14H10Cl2F3N3O2S/c1-22-13(25-9-4-2-8(16)3-5-9)10(7-20-24-11(23)6-15)12(21-22)14(17,18)19/h2-5,7H,6H2,1H3/b20-7-. The van der Waals surface area contributed by atoms with Crippen LogP contribution >= 0.6 is 35.0 Å². The van der Waals surface area contributed by atoms with E-state index in [1.807, 2.05) is 0 Å². The number of carbonyl (C=O) groups excluding carboxylic acids is 1. The fourth-order valence-corrected chi connectivity index (χ4v) is 2.85. The van der Waals surface area contributed by atoms with Crippen LogP contribution in [0.5, 0.6) is 0 Å². The van der Waals surface area contributed by atoms with Crippen LogP contribution in [0.25, 0.3) is 0 Å². The van der Waals surface area contributed by atoms with Gasteiger partial charge in [0, 0.05) is 17.0 Å². The minimum Gasteiger partial charge on any atom is -0.317 e. The van der Waals surface area contributed by atoms with E-state index in [9.17, 15) is 18.0 Å². The summed E-state index contributed by atoms with van der Waals surface area (Å²) in [6, 6.07) is 6.53. The lowest BCUT2D eigenvalue weighted by Gasteiger charge is -2.05. The summed E-state index contributed by atoms with van der Waals surface area (Å²) in [7, 11) is 1.37. The SMILES string of the molecule is Cn1nc(C(F)(F)F)c(/C=N\OC(=O)CCl)c1Sc1ccc(Cl)cc1. The summed E-state index contributed by atoms with van der Waals surface area (Å²) in [6.07, 6.45) is -3.91. The Morgan fingerprint density at radius 1 is 1.40 bits per heavy atom. The van der Waals surface area contributed by atoms with Gasteiger partial charge in [-0.1, -0.05) is 28.5 Å². The number of oxime groups is 1. The molecule has 1 heterocycles. The average molecular weight is 412 g/mol. The maximum Gasteiger partial charge on any atom is 0.435 e. The minimum absolute atomic E-state index is 0.167. The van der Waals surface area contributed by atoms with Gasteiger partial charge in [0.05, 0.1) is 11.8 Å². The van der Waals surface area contributed by atoms with Gasteiger partial charge in [-0.25, -0.2) is 4.79 Å². The topological polar surface area (TPSA) is 56.5 Å². The highest BCUT2D eigenvalue weighted by Crippen LogP contribution is 2.37. The Kier molecular flexibility index (Phi) is 6.36. The Morgan fingerprint density at radius 3 is 2.60 bits per heavy atom. The Balaban J connectivity index is 2.41. The number of hydrogen-bond acceptors (Lipinski definition) is 5. The number of hydrogen-bond donors (Lipinski definition) is 0. The van der Waals surface area contributed by atoms with E-state index in [0.717, 1.165) is 22.7 Å². The highest BCUT2D eigenvalue weighted by atomic mass is 35.5. The van der Waals surface area contributed by atoms with Crippen molar-refractivity contribution in [1.29, 1.82) is 0 Å². The van der Waals surface area contributed by atoms with Gasteiger partial charge in [0.15, 0.2) is 5.69 Å². The second-order valence-corrected chi connectivity index (χ2v) is 6.34. The third-order valence-corrected chi connectivity index (χ3v) is 4.43. The number of benzene rings is 1. The van der Waals surface area contributed by atoms with Crippen LogP contribution in [0.15, 0.2) is 39.3 Å². The Bertz CT molecular complexity index is 792. The number of aromatic nitrogens is 2. The summed E-state index contributed by atoms with van der Waals surface area (Å²) in [5.74, 6) is -1.36. The van der Waals surface area contributed by atoms with Gasteiger partial charge in [0.1, 0.15) is 10.9 Å². The van der Waals surface area contributed by atoms with Gasteiger partial charge in [-0.05, 0) is 24.3 Å². The molecular formula is C14H10Cl2F3N3O2S. The zero-order valence-corrected chi connectivity index (χ0v) is 14.9. The van der Waals surface area contributed by atoms with Crippen molar-refractivity contribution in [2.75, 3.05) is 5.88 Å². The molecule has 1 aromatic carbocycles. The first-order valence-corrected chi connectivity index (χ1v) is 8.32. The molecule has 0 atom stereocenters. The van der Waals surface area contributed by atoms with Gasteiger partial charge in [-0.3, -0.25) is 4.68 Å². The lowest BCUT2D eigenvalue weighted by molar-refractivity contribution is -0.141. The first-order chi connectivity index (χ1) is 11.7. The zero-order valence-electron chi connectivity index (χ0n) is 12.6. The predicted molar refractivity (Wildman–Crippen MR) is 88.2 cm³/mol.